The van der Waals surface area contributed by atoms with Crippen LogP contribution in [-0.2, 0) is 16.0 Å². The van der Waals surface area contributed by atoms with Crippen molar-refractivity contribution in [2.24, 2.45) is 0 Å². The van der Waals surface area contributed by atoms with Gasteiger partial charge in [-0.1, -0.05) is 6.07 Å². The van der Waals surface area contributed by atoms with Crippen LogP contribution in [0.3, 0.4) is 0 Å². The molecule has 0 aliphatic heterocycles. The van der Waals surface area contributed by atoms with Crippen molar-refractivity contribution >= 4 is 17.4 Å². The molecule has 5 nitrogen and oxygen atoms in total. The summed E-state index contributed by atoms with van der Waals surface area (Å²) in [7, 11) is 0. The van der Waals surface area contributed by atoms with E-state index < -0.39 is 11.8 Å². The van der Waals surface area contributed by atoms with Gasteiger partial charge in [-0.3, -0.25) is 4.79 Å². The van der Waals surface area contributed by atoms with Crippen LogP contribution in [0.5, 0.6) is 0 Å². The highest BCUT2D eigenvalue weighted by atomic mass is 16.4. The third-order valence-electron chi connectivity index (χ3n) is 1.99. The first kappa shape index (κ1) is 9.39. The predicted molar refractivity (Wildman–Crippen MR) is 51.5 cm³/mol. The van der Waals surface area contributed by atoms with Crippen LogP contribution in [0, 0.1) is 0 Å². The normalized spacial score (nSPS) is 10.4. The van der Waals surface area contributed by atoms with Crippen molar-refractivity contribution in [1.82, 2.24) is 9.38 Å². The zero-order valence-corrected chi connectivity index (χ0v) is 7.75. The Balaban J connectivity index is 2.30. The van der Waals surface area contributed by atoms with E-state index in [2.05, 4.69) is 4.98 Å². The summed E-state index contributed by atoms with van der Waals surface area (Å²) in [6.45, 7) is 0. The minimum Gasteiger partial charge on any atom is -0.475 e. The number of carboxylic acids is 1. The molecule has 2 rings (SSSR count). The van der Waals surface area contributed by atoms with E-state index in [1.807, 2.05) is 12.1 Å². The van der Waals surface area contributed by atoms with E-state index >= 15 is 0 Å². The molecule has 2 heterocycles. The second-order valence-electron chi connectivity index (χ2n) is 3.10. The molecule has 0 aromatic carbocycles. The number of rotatable bonds is 3. The van der Waals surface area contributed by atoms with E-state index in [1.165, 1.54) is 0 Å². The number of aromatic nitrogens is 2. The molecule has 0 atom stereocenters. The number of nitrogens with zero attached hydrogens (tertiary/aromatic N) is 2. The molecule has 0 aliphatic carbocycles. The zero-order valence-electron chi connectivity index (χ0n) is 7.75. The Morgan fingerprint density at radius 3 is 2.87 bits per heavy atom. The second kappa shape index (κ2) is 3.53. The number of ketones is 1. The largest absolute Gasteiger partial charge is 0.475 e. The van der Waals surface area contributed by atoms with Gasteiger partial charge >= 0.3 is 5.97 Å². The van der Waals surface area contributed by atoms with Crippen LogP contribution in [-0.4, -0.2) is 26.2 Å². The van der Waals surface area contributed by atoms with E-state index in [-0.39, 0.29) is 6.42 Å². The van der Waals surface area contributed by atoms with Gasteiger partial charge in [0.1, 0.15) is 5.65 Å². The minimum absolute atomic E-state index is 0.170. The smallest absolute Gasteiger partial charge is 0.372 e. The average molecular weight is 204 g/mol. The lowest BCUT2D eigenvalue weighted by Gasteiger charge is -1.88. The first-order valence-corrected chi connectivity index (χ1v) is 4.35. The lowest BCUT2D eigenvalue weighted by molar-refractivity contribution is -0.148. The number of imidazole rings is 1. The Morgan fingerprint density at radius 2 is 2.20 bits per heavy atom. The Morgan fingerprint density at radius 1 is 1.40 bits per heavy atom. The maximum Gasteiger partial charge on any atom is 0.372 e. The van der Waals surface area contributed by atoms with Gasteiger partial charge in [0.15, 0.2) is 0 Å². The molecule has 0 amide bonds. The first-order chi connectivity index (χ1) is 7.16. The number of Topliss-reactive ketones (excluding diaryl/α,β-unsaturated/α-hetero) is 1. The van der Waals surface area contributed by atoms with E-state index in [0.29, 0.717) is 11.3 Å². The maximum atomic E-state index is 10.9. The van der Waals surface area contributed by atoms with Gasteiger partial charge in [-0.2, -0.15) is 0 Å². The molecule has 0 spiro atoms. The van der Waals surface area contributed by atoms with Gasteiger partial charge < -0.3 is 9.51 Å². The number of fused-ring (bicyclic) bond motifs is 1. The van der Waals surface area contributed by atoms with E-state index in [4.69, 9.17) is 5.11 Å². The fourth-order valence-electron chi connectivity index (χ4n) is 1.31. The quantitative estimate of drug-likeness (QED) is 0.740. The van der Waals surface area contributed by atoms with Crippen LogP contribution in [0.1, 0.15) is 5.69 Å². The molecular formula is C10H8N2O3. The standard InChI is InChI=1S/C10H8N2O3/c13-8(10(14)15)5-7-6-12-4-2-1-3-9(12)11-7/h1-4,6H,5H2,(H,14,15). The summed E-state index contributed by atoms with van der Waals surface area (Å²) in [5.74, 6) is -2.27. The third kappa shape index (κ3) is 1.85. The molecule has 0 unspecified atom stereocenters. The van der Waals surface area contributed by atoms with Crippen molar-refractivity contribution in [2.75, 3.05) is 0 Å². The Bertz CT molecular complexity index is 497. The molecule has 15 heavy (non-hydrogen) atoms. The SMILES string of the molecule is O=C(O)C(=O)Cc1cn2ccccc2n1. The summed E-state index contributed by atoms with van der Waals surface area (Å²) >= 11 is 0. The highest BCUT2D eigenvalue weighted by Gasteiger charge is 2.13. The highest BCUT2D eigenvalue weighted by molar-refractivity contribution is 6.33. The summed E-state index contributed by atoms with van der Waals surface area (Å²) in [4.78, 5) is 25.4. The monoisotopic (exact) mass is 204 g/mol. The molecule has 0 fully saturated rings. The van der Waals surface area contributed by atoms with Crippen LogP contribution in [0.15, 0.2) is 30.6 Å². The molecular weight excluding hydrogens is 196 g/mol. The molecule has 0 radical (unpaired) electrons. The van der Waals surface area contributed by atoms with Crippen molar-refractivity contribution < 1.29 is 14.7 Å². The van der Waals surface area contributed by atoms with Gasteiger partial charge in [0, 0.05) is 12.4 Å². The van der Waals surface area contributed by atoms with Gasteiger partial charge in [-0.15, -0.1) is 0 Å². The molecule has 2 aromatic heterocycles. The Hall–Kier alpha value is -2.17. The second-order valence-corrected chi connectivity index (χ2v) is 3.10. The van der Waals surface area contributed by atoms with Crippen molar-refractivity contribution in [2.45, 2.75) is 6.42 Å². The van der Waals surface area contributed by atoms with Crippen LogP contribution in [0.4, 0.5) is 0 Å². The minimum atomic E-state index is -1.42. The van der Waals surface area contributed by atoms with Crippen LogP contribution < -0.4 is 0 Å². The van der Waals surface area contributed by atoms with E-state index in [0.717, 1.165) is 0 Å². The predicted octanol–water partition coefficient (Wildman–Crippen LogP) is 0.530. The lowest BCUT2D eigenvalue weighted by Crippen LogP contribution is -2.15. The van der Waals surface area contributed by atoms with Crippen molar-refractivity contribution in [3.63, 3.8) is 0 Å². The van der Waals surface area contributed by atoms with Crippen molar-refractivity contribution in [3.8, 4) is 0 Å². The molecule has 0 saturated heterocycles. The summed E-state index contributed by atoms with van der Waals surface area (Å²) in [5, 5.41) is 8.43. The number of hydrogen-bond donors (Lipinski definition) is 1. The number of carbonyl (C=O) groups excluding carboxylic acids is 1. The van der Waals surface area contributed by atoms with E-state index in [9.17, 15) is 9.59 Å². The molecule has 0 saturated carbocycles. The molecule has 76 valence electrons. The fourth-order valence-corrected chi connectivity index (χ4v) is 1.31. The highest BCUT2D eigenvalue weighted by Crippen LogP contribution is 2.05. The van der Waals surface area contributed by atoms with Gasteiger partial charge in [-0.25, -0.2) is 9.78 Å². The summed E-state index contributed by atoms with van der Waals surface area (Å²) < 4.78 is 1.74. The zero-order chi connectivity index (χ0) is 10.8. The Labute approximate surface area is 85.0 Å². The lowest BCUT2D eigenvalue weighted by atomic mass is 10.2. The van der Waals surface area contributed by atoms with Gasteiger partial charge in [0.05, 0.1) is 12.1 Å². The van der Waals surface area contributed by atoms with Gasteiger partial charge in [0.25, 0.3) is 0 Å². The van der Waals surface area contributed by atoms with Crippen LogP contribution in [0.25, 0.3) is 5.65 Å². The topological polar surface area (TPSA) is 71.7 Å². The molecule has 0 aliphatic rings. The van der Waals surface area contributed by atoms with Crippen LogP contribution >= 0.6 is 0 Å². The molecule has 1 N–H and O–H groups in total. The fraction of sp³-hybridized carbons (Fsp3) is 0.100. The maximum absolute atomic E-state index is 10.9. The third-order valence-corrected chi connectivity index (χ3v) is 1.99. The molecule has 2 aromatic rings. The van der Waals surface area contributed by atoms with Crippen molar-refractivity contribution in [3.05, 3.63) is 36.3 Å². The average Bonchev–Trinajstić information content (AvgIpc) is 2.59. The molecule has 0 bridgehead atoms. The number of carbonyl (C=O) groups is 2. The number of carboxylic acid groups (broad SMARTS) is 1. The summed E-state index contributed by atoms with van der Waals surface area (Å²) in [6.07, 6.45) is 3.27. The first-order valence-electron chi connectivity index (χ1n) is 4.35. The molecule has 5 heteroatoms. The van der Waals surface area contributed by atoms with Crippen LogP contribution in [0.2, 0.25) is 0 Å². The number of pyridine rings is 1. The summed E-state index contributed by atoms with van der Waals surface area (Å²) in [5.41, 5.74) is 1.17. The number of hydrogen-bond acceptors (Lipinski definition) is 3. The van der Waals surface area contributed by atoms with Gasteiger partial charge in [-0.05, 0) is 12.1 Å². The number of aliphatic carboxylic acids is 1. The van der Waals surface area contributed by atoms with Crippen molar-refractivity contribution in [1.29, 1.82) is 0 Å². The summed E-state index contributed by atoms with van der Waals surface area (Å²) in [6, 6.07) is 5.44. The Kier molecular flexibility index (Phi) is 2.21. The van der Waals surface area contributed by atoms with Gasteiger partial charge in [0.2, 0.25) is 5.78 Å². The van der Waals surface area contributed by atoms with E-state index in [1.54, 1.807) is 22.9 Å².